The Hall–Kier alpha value is -1.38. The van der Waals surface area contributed by atoms with E-state index in [1.54, 1.807) is 0 Å². The molecule has 0 bridgehead atoms. The molecule has 0 aliphatic carbocycles. The van der Waals surface area contributed by atoms with Crippen molar-refractivity contribution < 1.29 is 4.74 Å². The molecule has 0 spiro atoms. The fourth-order valence-electron chi connectivity index (χ4n) is 2.61. The number of anilines is 1. The van der Waals surface area contributed by atoms with Gasteiger partial charge in [-0.15, -0.1) is 0 Å². The predicted molar refractivity (Wildman–Crippen MR) is 88.8 cm³/mol. The Kier molecular flexibility index (Phi) is 3.76. The maximum absolute atomic E-state index is 6.36. The number of fused-ring (bicyclic) bond motifs is 1. The lowest BCUT2D eigenvalue weighted by Crippen LogP contribution is -2.32. The van der Waals surface area contributed by atoms with Crippen molar-refractivity contribution in [2.45, 2.75) is 27.3 Å². The molecule has 0 saturated carbocycles. The summed E-state index contributed by atoms with van der Waals surface area (Å²) >= 11 is 12.6. The van der Waals surface area contributed by atoms with Crippen molar-refractivity contribution in [2.75, 3.05) is 11.6 Å². The van der Waals surface area contributed by atoms with Crippen LogP contribution in [-0.4, -0.2) is 6.73 Å². The molecule has 1 aliphatic rings. The van der Waals surface area contributed by atoms with Crippen LogP contribution in [0, 0.1) is 20.8 Å². The average Bonchev–Trinajstić information content (AvgIpc) is 2.47. The molecule has 0 amide bonds. The quantitative estimate of drug-likeness (QED) is 0.709. The molecule has 0 radical (unpaired) electrons. The summed E-state index contributed by atoms with van der Waals surface area (Å²) in [4.78, 5) is 2.16. The van der Waals surface area contributed by atoms with Crippen LogP contribution in [0.3, 0.4) is 0 Å². The van der Waals surface area contributed by atoms with Gasteiger partial charge < -0.3 is 9.64 Å². The lowest BCUT2D eigenvalue weighted by Gasteiger charge is -2.32. The summed E-state index contributed by atoms with van der Waals surface area (Å²) in [6.45, 7) is 7.35. The molecule has 0 unspecified atom stereocenters. The third kappa shape index (κ3) is 2.58. The zero-order chi connectivity index (χ0) is 15.1. The van der Waals surface area contributed by atoms with Crippen LogP contribution in [0.1, 0.15) is 22.3 Å². The van der Waals surface area contributed by atoms with E-state index in [9.17, 15) is 0 Å². The fraction of sp³-hybridized carbons (Fsp3) is 0.294. The number of hydrogen-bond donors (Lipinski definition) is 0. The molecular formula is C17H17Cl2NO. The molecule has 3 rings (SSSR count). The Morgan fingerprint density at radius 1 is 1.05 bits per heavy atom. The maximum atomic E-state index is 6.36. The van der Waals surface area contributed by atoms with E-state index in [-0.39, 0.29) is 0 Å². The van der Waals surface area contributed by atoms with Crippen LogP contribution in [-0.2, 0) is 6.54 Å². The maximum Gasteiger partial charge on any atom is 0.161 e. The van der Waals surface area contributed by atoms with Gasteiger partial charge >= 0.3 is 0 Å². The SMILES string of the molecule is Cc1ccc(N2COc3cc(C)c(Cl)c(C)c3C2)cc1Cl. The summed E-state index contributed by atoms with van der Waals surface area (Å²) in [5.41, 5.74) is 5.43. The fourth-order valence-corrected chi connectivity index (χ4v) is 2.96. The topological polar surface area (TPSA) is 12.5 Å². The molecule has 2 nitrogen and oxygen atoms in total. The van der Waals surface area contributed by atoms with Crippen LogP contribution in [0.5, 0.6) is 5.75 Å². The molecule has 0 fully saturated rings. The summed E-state index contributed by atoms with van der Waals surface area (Å²) in [5, 5.41) is 1.60. The normalized spacial score (nSPS) is 13.9. The van der Waals surface area contributed by atoms with Crippen molar-refractivity contribution >= 4 is 28.9 Å². The first-order valence-corrected chi connectivity index (χ1v) is 7.65. The van der Waals surface area contributed by atoms with Crippen molar-refractivity contribution in [3.05, 3.63) is 56.6 Å². The molecule has 0 saturated heterocycles. The second-order valence-corrected chi connectivity index (χ2v) is 6.30. The Labute approximate surface area is 135 Å². The largest absolute Gasteiger partial charge is 0.473 e. The number of ether oxygens (including phenoxy) is 1. The van der Waals surface area contributed by atoms with E-state index >= 15 is 0 Å². The van der Waals surface area contributed by atoms with E-state index in [4.69, 9.17) is 27.9 Å². The van der Waals surface area contributed by atoms with Gasteiger partial charge in [-0.1, -0.05) is 29.3 Å². The van der Waals surface area contributed by atoms with Gasteiger partial charge in [0.2, 0.25) is 0 Å². The molecule has 0 N–H and O–H groups in total. The Morgan fingerprint density at radius 2 is 1.81 bits per heavy atom. The lowest BCUT2D eigenvalue weighted by atomic mass is 10.0. The van der Waals surface area contributed by atoms with Gasteiger partial charge in [0.05, 0.1) is 6.54 Å². The first-order chi connectivity index (χ1) is 9.97. The van der Waals surface area contributed by atoms with E-state index in [1.165, 1.54) is 0 Å². The van der Waals surface area contributed by atoms with E-state index in [0.29, 0.717) is 6.73 Å². The lowest BCUT2D eigenvalue weighted by molar-refractivity contribution is 0.288. The summed E-state index contributed by atoms with van der Waals surface area (Å²) in [7, 11) is 0. The minimum absolute atomic E-state index is 0.521. The number of halogens is 2. The first kappa shape index (κ1) is 14.6. The molecule has 2 aromatic rings. The Balaban J connectivity index is 1.97. The standard InChI is InChI=1S/C17H17Cl2NO/c1-10-4-5-13(7-15(10)18)20-8-14-12(3)17(19)11(2)6-16(14)21-9-20/h4-7H,8-9H2,1-3H3. The van der Waals surface area contributed by atoms with Gasteiger partial charge in [-0.05, 0) is 55.7 Å². The predicted octanol–water partition coefficient (Wildman–Crippen LogP) is 5.28. The zero-order valence-corrected chi connectivity index (χ0v) is 13.8. The van der Waals surface area contributed by atoms with Crippen molar-refractivity contribution in [2.24, 2.45) is 0 Å². The van der Waals surface area contributed by atoms with Gasteiger partial charge in [-0.2, -0.15) is 0 Å². The minimum Gasteiger partial charge on any atom is -0.473 e. The van der Waals surface area contributed by atoms with E-state index in [1.807, 2.05) is 39.0 Å². The molecule has 4 heteroatoms. The van der Waals surface area contributed by atoms with Gasteiger partial charge in [0.15, 0.2) is 6.73 Å². The molecule has 0 atom stereocenters. The van der Waals surface area contributed by atoms with E-state index in [2.05, 4.69) is 11.0 Å². The molecule has 21 heavy (non-hydrogen) atoms. The van der Waals surface area contributed by atoms with Crippen LogP contribution < -0.4 is 9.64 Å². The van der Waals surface area contributed by atoms with E-state index < -0.39 is 0 Å². The highest BCUT2D eigenvalue weighted by atomic mass is 35.5. The summed E-state index contributed by atoms with van der Waals surface area (Å²) in [5.74, 6) is 0.934. The van der Waals surface area contributed by atoms with Crippen LogP contribution in [0.4, 0.5) is 5.69 Å². The molecule has 2 aromatic carbocycles. The van der Waals surface area contributed by atoms with Gasteiger partial charge in [0, 0.05) is 21.3 Å². The smallest absolute Gasteiger partial charge is 0.161 e. The highest BCUT2D eigenvalue weighted by Crippen LogP contribution is 2.36. The number of nitrogens with zero attached hydrogens (tertiary/aromatic N) is 1. The third-order valence-corrected chi connectivity index (χ3v) is 5.01. The van der Waals surface area contributed by atoms with Gasteiger partial charge in [0.1, 0.15) is 5.75 Å². The van der Waals surface area contributed by atoms with Gasteiger partial charge in [0.25, 0.3) is 0 Å². The second kappa shape index (κ2) is 5.43. The van der Waals surface area contributed by atoms with E-state index in [0.717, 1.165) is 50.3 Å². The number of rotatable bonds is 1. The highest BCUT2D eigenvalue weighted by Gasteiger charge is 2.22. The van der Waals surface area contributed by atoms with Crippen molar-refractivity contribution in [1.82, 2.24) is 0 Å². The molecule has 0 aromatic heterocycles. The zero-order valence-electron chi connectivity index (χ0n) is 12.3. The van der Waals surface area contributed by atoms with Gasteiger partial charge in [-0.3, -0.25) is 0 Å². The highest BCUT2D eigenvalue weighted by molar-refractivity contribution is 6.32. The summed E-state index contributed by atoms with van der Waals surface area (Å²) in [6, 6.07) is 8.10. The van der Waals surface area contributed by atoms with Crippen molar-refractivity contribution in [3.8, 4) is 5.75 Å². The van der Waals surface area contributed by atoms with Crippen molar-refractivity contribution in [3.63, 3.8) is 0 Å². The second-order valence-electron chi connectivity index (χ2n) is 5.51. The summed E-state index contributed by atoms with van der Waals surface area (Å²) < 4.78 is 5.90. The van der Waals surface area contributed by atoms with Crippen LogP contribution in [0.2, 0.25) is 10.0 Å². The monoisotopic (exact) mass is 321 g/mol. The van der Waals surface area contributed by atoms with Gasteiger partial charge in [-0.25, -0.2) is 0 Å². The molecule has 110 valence electrons. The molecule has 1 heterocycles. The number of aryl methyl sites for hydroxylation is 2. The van der Waals surface area contributed by atoms with Crippen LogP contribution in [0.15, 0.2) is 24.3 Å². The van der Waals surface area contributed by atoms with Crippen LogP contribution in [0.25, 0.3) is 0 Å². The number of hydrogen-bond acceptors (Lipinski definition) is 2. The molecular weight excluding hydrogens is 305 g/mol. The average molecular weight is 322 g/mol. The Bertz CT molecular complexity index is 712. The van der Waals surface area contributed by atoms with Crippen molar-refractivity contribution in [1.29, 1.82) is 0 Å². The number of benzene rings is 2. The Morgan fingerprint density at radius 3 is 2.52 bits per heavy atom. The van der Waals surface area contributed by atoms with Crippen LogP contribution >= 0.6 is 23.2 Å². The molecule has 1 aliphatic heterocycles. The third-order valence-electron chi connectivity index (χ3n) is 4.02. The minimum atomic E-state index is 0.521. The summed E-state index contributed by atoms with van der Waals surface area (Å²) in [6.07, 6.45) is 0. The first-order valence-electron chi connectivity index (χ1n) is 6.90.